The third-order valence-corrected chi connectivity index (χ3v) is 24.3. The SMILES string of the molecule is CCCCCCCCCCCCCCCCCCCCCCCC(=O)O[C@H](COC(=O)CCCCCCCCCCC(C)C)COP(=O)(O)OC[C@H](O)COP(=O)(O)OC[C@@H](COC(=O)CCCCCCCCCCCCCCCCCCCCC(C)C)OC(=O)CCCCCCCCCCCCCCCCCCCCC(C)C. The zero-order valence-corrected chi connectivity index (χ0v) is 77.4. The molecule has 17 nitrogen and oxygen atoms in total. The minimum Gasteiger partial charge on any atom is -0.462 e. The van der Waals surface area contributed by atoms with Crippen LogP contribution in [0, 0.1) is 17.8 Å². The van der Waals surface area contributed by atoms with Crippen LogP contribution in [0.15, 0.2) is 0 Å². The molecule has 19 heteroatoms. The zero-order valence-electron chi connectivity index (χ0n) is 75.6. The Kier molecular flexibility index (Phi) is 83.2. The van der Waals surface area contributed by atoms with Crippen molar-refractivity contribution >= 4 is 39.5 Å². The van der Waals surface area contributed by atoms with Gasteiger partial charge in [-0.2, -0.15) is 0 Å². The lowest BCUT2D eigenvalue weighted by atomic mass is 10.0. The van der Waals surface area contributed by atoms with Crippen molar-refractivity contribution in [1.82, 2.24) is 0 Å². The maximum atomic E-state index is 13.2. The lowest BCUT2D eigenvalue weighted by Gasteiger charge is -2.21. The Hall–Kier alpha value is -1.94. The summed E-state index contributed by atoms with van der Waals surface area (Å²) in [7, 11) is -9.94. The number of unbranched alkanes of at least 4 members (excludes halogenated alkanes) is 61. The first-order valence-corrected chi connectivity index (χ1v) is 51.8. The van der Waals surface area contributed by atoms with Gasteiger partial charge in [0, 0.05) is 25.7 Å². The first-order chi connectivity index (χ1) is 55.2. The molecule has 0 fully saturated rings. The van der Waals surface area contributed by atoms with Gasteiger partial charge in [-0.25, -0.2) is 9.13 Å². The van der Waals surface area contributed by atoms with E-state index in [-0.39, 0.29) is 25.7 Å². The van der Waals surface area contributed by atoms with Crippen LogP contribution < -0.4 is 0 Å². The predicted octanol–water partition coefficient (Wildman–Crippen LogP) is 29.6. The quantitative estimate of drug-likeness (QED) is 0.0222. The van der Waals surface area contributed by atoms with Crippen LogP contribution in [-0.4, -0.2) is 96.7 Å². The fourth-order valence-electron chi connectivity index (χ4n) is 15.0. The lowest BCUT2D eigenvalue weighted by molar-refractivity contribution is -0.161. The summed E-state index contributed by atoms with van der Waals surface area (Å²) in [4.78, 5) is 73.5. The van der Waals surface area contributed by atoms with Gasteiger partial charge in [0.15, 0.2) is 12.2 Å². The third-order valence-electron chi connectivity index (χ3n) is 22.4. The second kappa shape index (κ2) is 84.7. The summed E-state index contributed by atoms with van der Waals surface area (Å²) in [5.41, 5.74) is 0. The van der Waals surface area contributed by atoms with Crippen molar-refractivity contribution in [3.63, 3.8) is 0 Å². The van der Waals surface area contributed by atoms with E-state index in [0.717, 1.165) is 108 Å². The average Bonchev–Trinajstić information content (AvgIpc) is 0.898. The van der Waals surface area contributed by atoms with Gasteiger partial charge in [-0.3, -0.25) is 37.3 Å². The standard InChI is InChI=1S/C95H186O17P2/c1-8-9-10-11-12-13-14-15-16-17-18-19-20-28-33-38-43-48-57-64-72-79-95(100)112-91(83-106-93(98)77-70-63-56-51-50-54-61-68-75-88(6)7)85-110-114(103,104)108-81-89(96)80-107-113(101,102)109-84-90(111-94(99)78-71-65-58-49-44-39-34-29-24-22-26-31-36-41-46-53-60-67-74-87(4)5)82-105-92(97)76-69-62-55-47-42-37-32-27-23-21-25-30-35-40-45-52-59-66-73-86(2)3/h86-91,96H,8-85H2,1-7H3,(H,101,102)(H,103,104)/t89-,90-,91-/m1/s1. The van der Waals surface area contributed by atoms with Crippen LogP contribution in [0.2, 0.25) is 0 Å². The molecule has 0 rings (SSSR count). The van der Waals surface area contributed by atoms with E-state index >= 15 is 0 Å². The number of aliphatic hydroxyl groups excluding tert-OH is 1. The van der Waals surface area contributed by atoms with Crippen molar-refractivity contribution in [2.24, 2.45) is 17.8 Å². The van der Waals surface area contributed by atoms with Crippen LogP contribution in [-0.2, 0) is 65.4 Å². The van der Waals surface area contributed by atoms with Crippen LogP contribution in [0.4, 0.5) is 0 Å². The number of hydrogen-bond acceptors (Lipinski definition) is 15. The summed E-state index contributed by atoms with van der Waals surface area (Å²) < 4.78 is 69.2. The van der Waals surface area contributed by atoms with Gasteiger partial charge >= 0.3 is 39.5 Å². The number of aliphatic hydroxyl groups is 1. The normalized spacial score (nSPS) is 13.7. The summed E-state index contributed by atoms with van der Waals surface area (Å²) in [5, 5.41) is 10.7. The Bertz CT molecular complexity index is 2180. The van der Waals surface area contributed by atoms with Crippen molar-refractivity contribution in [3.8, 4) is 0 Å². The molecule has 0 aliphatic carbocycles. The van der Waals surface area contributed by atoms with Gasteiger partial charge in [-0.05, 0) is 43.4 Å². The van der Waals surface area contributed by atoms with Crippen molar-refractivity contribution in [1.29, 1.82) is 0 Å². The van der Waals surface area contributed by atoms with E-state index in [4.69, 9.17) is 37.0 Å². The number of rotatable bonds is 93. The summed E-state index contributed by atoms with van der Waals surface area (Å²) in [6, 6.07) is 0. The van der Waals surface area contributed by atoms with Crippen LogP contribution in [0.5, 0.6) is 0 Å². The fourth-order valence-corrected chi connectivity index (χ4v) is 16.5. The Morgan fingerprint density at radius 2 is 0.404 bits per heavy atom. The number of esters is 4. The largest absolute Gasteiger partial charge is 0.472 e. The second-order valence-corrected chi connectivity index (χ2v) is 38.4. The number of phosphoric ester groups is 2. The molecule has 0 aliphatic rings. The van der Waals surface area contributed by atoms with E-state index in [9.17, 15) is 43.2 Å². The number of carbonyl (C=O) groups is 4. The Labute approximate surface area is 702 Å². The van der Waals surface area contributed by atoms with E-state index in [2.05, 4.69) is 48.5 Å². The molecule has 0 aromatic heterocycles. The van der Waals surface area contributed by atoms with Crippen LogP contribution in [0.3, 0.4) is 0 Å². The first kappa shape index (κ1) is 112. The molecule has 0 spiro atoms. The van der Waals surface area contributed by atoms with E-state index in [1.165, 1.54) is 321 Å². The Morgan fingerprint density at radius 3 is 0.596 bits per heavy atom. The van der Waals surface area contributed by atoms with Gasteiger partial charge in [-0.1, -0.05) is 459 Å². The highest BCUT2D eigenvalue weighted by Gasteiger charge is 2.31. The van der Waals surface area contributed by atoms with E-state index in [1.807, 2.05) is 0 Å². The summed E-state index contributed by atoms with van der Waals surface area (Å²) in [6.07, 6.45) is 79.5. The highest BCUT2D eigenvalue weighted by molar-refractivity contribution is 7.47. The minimum absolute atomic E-state index is 0.109. The number of carbonyl (C=O) groups excluding carboxylic acids is 4. The molecule has 678 valence electrons. The van der Waals surface area contributed by atoms with Gasteiger partial charge in [0.2, 0.25) is 0 Å². The summed E-state index contributed by atoms with van der Waals surface area (Å²) >= 11 is 0. The van der Waals surface area contributed by atoms with Crippen LogP contribution >= 0.6 is 15.6 Å². The number of hydrogen-bond donors (Lipinski definition) is 3. The molecule has 0 aliphatic heterocycles. The summed E-state index contributed by atoms with van der Waals surface area (Å²) in [5.74, 6) is 0.274. The molecule has 0 saturated carbocycles. The topological polar surface area (TPSA) is 237 Å². The van der Waals surface area contributed by atoms with Gasteiger partial charge in [-0.15, -0.1) is 0 Å². The van der Waals surface area contributed by atoms with Crippen molar-refractivity contribution in [2.75, 3.05) is 39.6 Å². The van der Waals surface area contributed by atoms with Crippen LogP contribution in [0.25, 0.3) is 0 Å². The van der Waals surface area contributed by atoms with Gasteiger partial charge < -0.3 is 33.8 Å². The highest BCUT2D eigenvalue weighted by atomic mass is 31.2. The van der Waals surface area contributed by atoms with Gasteiger partial charge in [0.05, 0.1) is 26.4 Å². The molecule has 0 amide bonds. The summed E-state index contributed by atoms with van der Waals surface area (Å²) in [6.45, 7) is 12.1. The number of phosphoric acid groups is 2. The van der Waals surface area contributed by atoms with Crippen molar-refractivity contribution in [3.05, 3.63) is 0 Å². The smallest absolute Gasteiger partial charge is 0.462 e. The van der Waals surface area contributed by atoms with Gasteiger partial charge in [0.1, 0.15) is 19.3 Å². The predicted molar refractivity (Wildman–Crippen MR) is 474 cm³/mol. The maximum absolute atomic E-state index is 13.2. The molecule has 2 unspecified atom stereocenters. The highest BCUT2D eigenvalue weighted by Crippen LogP contribution is 2.45. The molecule has 0 saturated heterocycles. The molecule has 0 bridgehead atoms. The molecular formula is C95H186O17P2. The van der Waals surface area contributed by atoms with E-state index in [1.54, 1.807) is 0 Å². The second-order valence-electron chi connectivity index (χ2n) is 35.5. The van der Waals surface area contributed by atoms with E-state index < -0.39 is 97.5 Å². The molecule has 0 aromatic carbocycles. The van der Waals surface area contributed by atoms with Gasteiger partial charge in [0.25, 0.3) is 0 Å². The van der Waals surface area contributed by atoms with E-state index in [0.29, 0.717) is 25.7 Å². The Balaban J connectivity index is 5.22. The zero-order chi connectivity index (χ0) is 83.6. The molecule has 114 heavy (non-hydrogen) atoms. The fraction of sp³-hybridized carbons (Fsp3) is 0.958. The van der Waals surface area contributed by atoms with Crippen molar-refractivity contribution < 1.29 is 80.2 Å². The monoisotopic (exact) mass is 1660 g/mol. The molecule has 0 heterocycles. The molecular weight excluding hydrogens is 1470 g/mol. The average molecular weight is 1660 g/mol. The lowest BCUT2D eigenvalue weighted by Crippen LogP contribution is -2.30. The molecule has 5 atom stereocenters. The number of ether oxygens (including phenoxy) is 4. The molecule has 3 N–H and O–H groups in total. The van der Waals surface area contributed by atoms with Crippen molar-refractivity contribution in [2.45, 2.75) is 529 Å². The third kappa shape index (κ3) is 87.9. The molecule has 0 aromatic rings. The maximum Gasteiger partial charge on any atom is 0.472 e. The first-order valence-electron chi connectivity index (χ1n) is 48.8. The molecule has 0 radical (unpaired) electrons. The Morgan fingerprint density at radius 1 is 0.237 bits per heavy atom. The minimum atomic E-state index is -4.97. The van der Waals surface area contributed by atoms with Crippen LogP contribution in [0.1, 0.15) is 511 Å².